The standard InChI is InChI=1S/C8H9N3O/c9-8-4-2-1-3-7(8)5-10-11-6-12/h1-6H,9H2,(H,11,12)/b10-5-. The molecule has 0 aliphatic rings. The van der Waals surface area contributed by atoms with Crippen LogP contribution in [0.5, 0.6) is 0 Å². The van der Waals surface area contributed by atoms with Crippen molar-refractivity contribution in [3.8, 4) is 0 Å². The molecule has 12 heavy (non-hydrogen) atoms. The van der Waals surface area contributed by atoms with Crippen LogP contribution in [0.25, 0.3) is 0 Å². The minimum atomic E-state index is 0.496. The second kappa shape index (κ2) is 4.12. The molecule has 0 saturated heterocycles. The average molecular weight is 163 g/mol. The van der Waals surface area contributed by atoms with Gasteiger partial charge in [-0.25, -0.2) is 5.43 Å². The summed E-state index contributed by atoms with van der Waals surface area (Å²) in [7, 11) is 0. The third kappa shape index (κ3) is 2.09. The van der Waals surface area contributed by atoms with Crippen LogP contribution < -0.4 is 11.2 Å². The van der Waals surface area contributed by atoms with Gasteiger partial charge in [0.1, 0.15) is 0 Å². The second-order valence-corrected chi connectivity index (χ2v) is 2.13. The lowest BCUT2D eigenvalue weighted by Gasteiger charge is -1.96. The van der Waals surface area contributed by atoms with Gasteiger partial charge in [-0.15, -0.1) is 0 Å². The molecule has 1 rings (SSSR count). The first-order chi connectivity index (χ1) is 5.84. The fourth-order valence-corrected chi connectivity index (χ4v) is 0.766. The minimum Gasteiger partial charge on any atom is -0.398 e. The Morgan fingerprint density at radius 2 is 2.17 bits per heavy atom. The maximum atomic E-state index is 9.82. The maximum absolute atomic E-state index is 9.82. The van der Waals surface area contributed by atoms with Crippen LogP contribution in [0, 0.1) is 0 Å². The molecule has 0 atom stereocenters. The third-order valence-electron chi connectivity index (χ3n) is 1.33. The van der Waals surface area contributed by atoms with E-state index in [4.69, 9.17) is 5.73 Å². The van der Waals surface area contributed by atoms with Crippen LogP contribution in [0.4, 0.5) is 5.69 Å². The molecule has 0 radical (unpaired) electrons. The quantitative estimate of drug-likeness (QED) is 0.292. The van der Waals surface area contributed by atoms with E-state index < -0.39 is 0 Å². The van der Waals surface area contributed by atoms with Crippen molar-refractivity contribution in [1.29, 1.82) is 0 Å². The molecule has 0 aliphatic carbocycles. The van der Waals surface area contributed by atoms with Crippen LogP contribution in [-0.4, -0.2) is 12.6 Å². The predicted octanol–water partition coefficient (Wildman–Crippen LogP) is 0.349. The van der Waals surface area contributed by atoms with E-state index >= 15 is 0 Å². The van der Waals surface area contributed by atoms with Gasteiger partial charge in [-0.3, -0.25) is 4.79 Å². The number of hydrogen-bond donors (Lipinski definition) is 2. The number of para-hydroxylation sites is 1. The summed E-state index contributed by atoms with van der Waals surface area (Å²) < 4.78 is 0. The van der Waals surface area contributed by atoms with Crippen molar-refractivity contribution >= 4 is 18.3 Å². The number of hydrazone groups is 1. The summed E-state index contributed by atoms with van der Waals surface area (Å²) in [5.74, 6) is 0. The molecule has 3 N–H and O–H groups in total. The molecule has 0 aliphatic heterocycles. The summed E-state index contributed by atoms with van der Waals surface area (Å²) in [4.78, 5) is 9.82. The van der Waals surface area contributed by atoms with Crippen LogP contribution in [0.15, 0.2) is 29.4 Å². The van der Waals surface area contributed by atoms with Crippen LogP contribution in [0.1, 0.15) is 5.56 Å². The van der Waals surface area contributed by atoms with E-state index in [0.29, 0.717) is 12.1 Å². The normalized spacial score (nSPS) is 10.0. The molecule has 0 bridgehead atoms. The largest absolute Gasteiger partial charge is 0.398 e. The topological polar surface area (TPSA) is 67.5 Å². The van der Waals surface area contributed by atoms with Crippen molar-refractivity contribution in [2.45, 2.75) is 0 Å². The van der Waals surface area contributed by atoms with Crippen LogP contribution >= 0.6 is 0 Å². The molecule has 1 aromatic carbocycles. The zero-order valence-corrected chi connectivity index (χ0v) is 6.40. The summed E-state index contributed by atoms with van der Waals surface area (Å²) in [5.41, 5.74) is 9.17. The Morgan fingerprint density at radius 3 is 2.83 bits per heavy atom. The SMILES string of the molecule is Nc1ccccc1/C=N\NC=O. The minimum absolute atomic E-state index is 0.496. The molecule has 1 aromatic rings. The molecule has 4 nitrogen and oxygen atoms in total. The molecule has 1 amide bonds. The van der Waals surface area contributed by atoms with Gasteiger partial charge in [-0.1, -0.05) is 18.2 Å². The number of nitrogens with one attached hydrogen (secondary N) is 1. The molecule has 0 saturated carbocycles. The number of carbonyl (C=O) groups is 1. The van der Waals surface area contributed by atoms with E-state index in [1.54, 1.807) is 6.07 Å². The van der Waals surface area contributed by atoms with Gasteiger partial charge in [0, 0.05) is 11.3 Å². The highest BCUT2D eigenvalue weighted by molar-refractivity contribution is 5.86. The molecule has 62 valence electrons. The molecule has 0 unspecified atom stereocenters. The van der Waals surface area contributed by atoms with Crippen LogP contribution in [0.2, 0.25) is 0 Å². The molecule has 0 aromatic heterocycles. The summed E-state index contributed by atoms with van der Waals surface area (Å²) in [5, 5.41) is 3.60. The molecular weight excluding hydrogens is 154 g/mol. The highest BCUT2D eigenvalue weighted by Crippen LogP contribution is 2.06. The molecule has 0 fully saturated rings. The van der Waals surface area contributed by atoms with Gasteiger partial charge in [-0.05, 0) is 6.07 Å². The number of hydrogen-bond acceptors (Lipinski definition) is 3. The van der Waals surface area contributed by atoms with Gasteiger partial charge in [0.05, 0.1) is 6.21 Å². The Kier molecular flexibility index (Phi) is 2.84. The highest BCUT2D eigenvalue weighted by atomic mass is 16.1. The predicted molar refractivity (Wildman–Crippen MR) is 47.6 cm³/mol. The smallest absolute Gasteiger partial charge is 0.227 e. The van der Waals surface area contributed by atoms with Gasteiger partial charge in [0.2, 0.25) is 6.41 Å². The molecule has 4 heteroatoms. The zero-order chi connectivity index (χ0) is 8.81. The Balaban J connectivity index is 2.74. The van der Waals surface area contributed by atoms with Crippen molar-refractivity contribution in [2.24, 2.45) is 5.10 Å². The van der Waals surface area contributed by atoms with Gasteiger partial charge < -0.3 is 5.73 Å². The summed E-state index contributed by atoms with van der Waals surface area (Å²) in [6.45, 7) is 0. The Morgan fingerprint density at radius 1 is 1.42 bits per heavy atom. The summed E-state index contributed by atoms with van der Waals surface area (Å²) in [6, 6.07) is 7.26. The van der Waals surface area contributed by atoms with Gasteiger partial charge in [0.25, 0.3) is 0 Å². The van der Waals surface area contributed by atoms with E-state index in [0.717, 1.165) is 5.56 Å². The van der Waals surface area contributed by atoms with Crippen molar-refractivity contribution in [3.63, 3.8) is 0 Å². The number of nitrogens with zero attached hydrogens (tertiary/aromatic N) is 1. The fourth-order valence-electron chi connectivity index (χ4n) is 0.766. The lowest BCUT2D eigenvalue weighted by molar-refractivity contribution is -0.109. The lowest BCUT2D eigenvalue weighted by Crippen LogP contribution is -2.01. The molecular formula is C8H9N3O. The van der Waals surface area contributed by atoms with Crippen LogP contribution in [0.3, 0.4) is 0 Å². The maximum Gasteiger partial charge on any atom is 0.227 e. The average Bonchev–Trinajstić information content (AvgIpc) is 2.09. The van der Waals surface area contributed by atoms with Crippen LogP contribution in [-0.2, 0) is 4.79 Å². The summed E-state index contributed by atoms with van der Waals surface area (Å²) >= 11 is 0. The lowest BCUT2D eigenvalue weighted by atomic mass is 10.2. The number of benzene rings is 1. The first-order valence-electron chi connectivity index (χ1n) is 3.41. The van der Waals surface area contributed by atoms with Crippen molar-refractivity contribution < 1.29 is 4.79 Å². The van der Waals surface area contributed by atoms with E-state index in [-0.39, 0.29) is 0 Å². The number of carbonyl (C=O) groups excluding carboxylic acids is 1. The Hall–Kier alpha value is -1.84. The molecule has 0 heterocycles. The zero-order valence-electron chi connectivity index (χ0n) is 6.40. The first kappa shape index (κ1) is 8.26. The number of nitrogen functional groups attached to an aromatic ring is 1. The fraction of sp³-hybridized carbons (Fsp3) is 0. The Bertz CT molecular complexity index is 296. The number of rotatable bonds is 3. The van der Waals surface area contributed by atoms with Crippen molar-refractivity contribution in [2.75, 3.05) is 5.73 Å². The second-order valence-electron chi connectivity index (χ2n) is 2.13. The monoisotopic (exact) mass is 163 g/mol. The third-order valence-corrected chi connectivity index (χ3v) is 1.33. The highest BCUT2D eigenvalue weighted by Gasteiger charge is 1.90. The van der Waals surface area contributed by atoms with E-state index in [9.17, 15) is 4.79 Å². The van der Waals surface area contributed by atoms with Gasteiger partial charge >= 0.3 is 0 Å². The first-order valence-corrected chi connectivity index (χ1v) is 3.41. The van der Waals surface area contributed by atoms with Gasteiger partial charge in [0.15, 0.2) is 0 Å². The van der Waals surface area contributed by atoms with E-state index in [1.807, 2.05) is 18.2 Å². The van der Waals surface area contributed by atoms with Crippen molar-refractivity contribution in [1.82, 2.24) is 5.43 Å². The molecule has 0 spiro atoms. The van der Waals surface area contributed by atoms with E-state index in [2.05, 4.69) is 10.5 Å². The number of amides is 1. The number of nitrogens with two attached hydrogens (primary N) is 1. The van der Waals surface area contributed by atoms with E-state index in [1.165, 1.54) is 6.21 Å². The number of anilines is 1. The Labute approximate surface area is 70.1 Å². The van der Waals surface area contributed by atoms with Gasteiger partial charge in [-0.2, -0.15) is 5.10 Å². The van der Waals surface area contributed by atoms with Crippen molar-refractivity contribution in [3.05, 3.63) is 29.8 Å². The summed E-state index contributed by atoms with van der Waals surface area (Å²) in [6.07, 6.45) is 1.99.